The van der Waals surface area contributed by atoms with Crippen LogP contribution in [0.3, 0.4) is 0 Å². The highest BCUT2D eigenvalue weighted by Crippen LogP contribution is 2.31. The smallest absolute Gasteiger partial charge is 0.348 e. The van der Waals surface area contributed by atoms with Crippen molar-refractivity contribution in [1.82, 2.24) is 5.32 Å². The van der Waals surface area contributed by atoms with Crippen LogP contribution in [0.2, 0.25) is 0 Å². The Morgan fingerprint density at radius 1 is 1.14 bits per heavy atom. The second kappa shape index (κ2) is 6.17. The van der Waals surface area contributed by atoms with Crippen LogP contribution in [0.5, 0.6) is 0 Å². The van der Waals surface area contributed by atoms with E-state index >= 15 is 0 Å². The highest BCUT2D eigenvalue weighted by molar-refractivity contribution is 5.95. The number of nitrogens with one attached hydrogen (secondary N) is 1. The first-order valence-electron chi connectivity index (χ1n) is 6.48. The zero-order valence-electron chi connectivity index (χ0n) is 11.7. The Kier molecular flexibility index (Phi) is 4.49. The normalized spacial score (nSPS) is 11.3. The standard InChI is InChI=1S/C16H13F4NO/c1-10-6-7-11(8-14(10)17)9-21-15(22)12-4-2-3-5-13(12)16(18,19)20/h2-8H,9H2,1H3,(H,21,22). The molecular formula is C16H13F4NO. The number of carbonyl (C=O) groups is 1. The van der Waals surface area contributed by atoms with Crippen molar-refractivity contribution in [3.63, 3.8) is 0 Å². The minimum atomic E-state index is -4.61. The number of hydrogen-bond acceptors (Lipinski definition) is 1. The molecule has 0 aromatic heterocycles. The number of aryl methyl sites for hydroxylation is 1. The number of halogens is 4. The van der Waals surface area contributed by atoms with Crippen LogP contribution >= 0.6 is 0 Å². The monoisotopic (exact) mass is 311 g/mol. The summed E-state index contributed by atoms with van der Waals surface area (Å²) in [7, 11) is 0. The molecule has 0 spiro atoms. The second-order valence-corrected chi connectivity index (χ2v) is 4.81. The van der Waals surface area contributed by atoms with Crippen molar-refractivity contribution in [2.24, 2.45) is 0 Å². The summed E-state index contributed by atoms with van der Waals surface area (Å²) in [4.78, 5) is 11.9. The van der Waals surface area contributed by atoms with E-state index in [2.05, 4.69) is 5.32 Å². The van der Waals surface area contributed by atoms with Gasteiger partial charge in [0.25, 0.3) is 5.91 Å². The van der Waals surface area contributed by atoms with Crippen molar-refractivity contribution in [3.05, 3.63) is 70.5 Å². The average molecular weight is 311 g/mol. The van der Waals surface area contributed by atoms with E-state index in [0.717, 1.165) is 12.1 Å². The van der Waals surface area contributed by atoms with Crippen LogP contribution in [0.15, 0.2) is 42.5 Å². The first-order valence-corrected chi connectivity index (χ1v) is 6.48. The predicted molar refractivity (Wildman–Crippen MR) is 73.8 cm³/mol. The van der Waals surface area contributed by atoms with Gasteiger partial charge in [0.15, 0.2) is 0 Å². The molecular weight excluding hydrogens is 298 g/mol. The summed E-state index contributed by atoms with van der Waals surface area (Å²) in [5, 5.41) is 2.37. The molecule has 1 amide bonds. The second-order valence-electron chi connectivity index (χ2n) is 4.81. The van der Waals surface area contributed by atoms with E-state index in [9.17, 15) is 22.4 Å². The lowest BCUT2D eigenvalue weighted by molar-refractivity contribution is -0.137. The summed E-state index contributed by atoms with van der Waals surface area (Å²) in [6, 6.07) is 8.92. The molecule has 0 fully saturated rings. The van der Waals surface area contributed by atoms with E-state index in [-0.39, 0.29) is 6.54 Å². The molecule has 0 unspecified atom stereocenters. The Morgan fingerprint density at radius 2 is 1.82 bits per heavy atom. The van der Waals surface area contributed by atoms with Crippen molar-refractivity contribution >= 4 is 5.91 Å². The van der Waals surface area contributed by atoms with Gasteiger partial charge >= 0.3 is 6.18 Å². The molecule has 2 rings (SSSR count). The van der Waals surface area contributed by atoms with E-state index < -0.39 is 29.0 Å². The van der Waals surface area contributed by atoms with Crippen LogP contribution in [-0.4, -0.2) is 5.91 Å². The predicted octanol–water partition coefficient (Wildman–Crippen LogP) is 4.08. The van der Waals surface area contributed by atoms with Crippen molar-refractivity contribution < 1.29 is 22.4 Å². The fraction of sp³-hybridized carbons (Fsp3) is 0.188. The van der Waals surface area contributed by atoms with Crippen LogP contribution in [0, 0.1) is 12.7 Å². The lowest BCUT2D eigenvalue weighted by Gasteiger charge is -2.12. The van der Waals surface area contributed by atoms with Crippen LogP contribution < -0.4 is 5.32 Å². The van der Waals surface area contributed by atoms with Crippen molar-refractivity contribution in [2.45, 2.75) is 19.6 Å². The minimum absolute atomic E-state index is 0.0533. The zero-order valence-corrected chi connectivity index (χ0v) is 11.7. The molecule has 2 aromatic carbocycles. The number of rotatable bonds is 3. The average Bonchev–Trinajstić information content (AvgIpc) is 2.47. The van der Waals surface area contributed by atoms with Gasteiger partial charge in [0.2, 0.25) is 0 Å². The Labute approximate surface area is 124 Å². The fourth-order valence-electron chi connectivity index (χ4n) is 1.95. The first-order chi connectivity index (χ1) is 10.3. The third kappa shape index (κ3) is 3.63. The van der Waals surface area contributed by atoms with Crippen molar-refractivity contribution in [2.75, 3.05) is 0 Å². The van der Waals surface area contributed by atoms with Gasteiger partial charge in [-0.3, -0.25) is 4.79 Å². The molecule has 22 heavy (non-hydrogen) atoms. The molecule has 0 saturated heterocycles. The Bertz CT molecular complexity index is 695. The number of amides is 1. The summed E-state index contributed by atoms with van der Waals surface area (Å²) in [5.41, 5.74) is -0.524. The molecule has 0 heterocycles. The largest absolute Gasteiger partial charge is 0.417 e. The molecule has 0 atom stereocenters. The zero-order chi connectivity index (χ0) is 16.3. The van der Waals surface area contributed by atoms with Crippen molar-refractivity contribution in [1.29, 1.82) is 0 Å². The molecule has 116 valence electrons. The van der Waals surface area contributed by atoms with Gasteiger partial charge in [-0.1, -0.05) is 24.3 Å². The van der Waals surface area contributed by atoms with Crippen LogP contribution in [0.25, 0.3) is 0 Å². The van der Waals surface area contributed by atoms with Gasteiger partial charge in [-0.25, -0.2) is 4.39 Å². The van der Waals surface area contributed by atoms with Gasteiger partial charge < -0.3 is 5.32 Å². The maximum atomic E-state index is 13.4. The van der Waals surface area contributed by atoms with E-state index in [4.69, 9.17) is 0 Å². The molecule has 0 aliphatic heterocycles. The molecule has 0 aliphatic carbocycles. The van der Waals surface area contributed by atoms with Gasteiger partial charge in [0.1, 0.15) is 5.82 Å². The van der Waals surface area contributed by atoms with Crippen molar-refractivity contribution in [3.8, 4) is 0 Å². The third-order valence-corrected chi connectivity index (χ3v) is 3.17. The lowest BCUT2D eigenvalue weighted by atomic mass is 10.1. The number of carbonyl (C=O) groups excluding carboxylic acids is 1. The maximum Gasteiger partial charge on any atom is 0.417 e. The van der Waals surface area contributed by atoms with E-state index in [1.165, 1.54) is 18.2 Å². The van der Waals surface area contributed by atoms with E-state index in [1.807, 2.05) is 0 Å². The molecule has 1 N–H and O–H groups in total. The summed E-state index contributed by atoms with van der Waals surface area (Å²) in [6.45, 7) is 1.54. The van der Waals surface area contributed by atoms with Gasteiger partial charge in [-0.15, -0.1) is 0 Å². The van der Waals surface area contributed by atoms with Gasteiger partial charge in [0, 0.05) is 6.54 Å². The summed E-state index contributed by atoms with van der Waals surface area (Å²) in [5.74, 6) is -1.28. The fourth-order valence-corrected chi connectivity index (χ4v) is 1.95. The highest BCUT2D eigenvalue weighted by atomic mass is 19.4. The molecule has 2 aromatic rings. The van der Waals surface area contributed by atoms with Crippen LogP contribution in [-0.2, 0) is 12.7 Å². The lowest BCUT2D eigenvalue weighted by Crippen LogP contribution is -2.25. The summed E-state index contributed by atoms with van der Waals surface area (Å²) >= 11 is 0. The quantitative estimate of drug-likeness (QED) is 0.850. The Hall–Kier alpha value is -2.37. The van der Waals surface area contributed by atoms with Crippen LogP contribution in [0.1, 0.15) is 27.0 Å². The van der Waals surface area contributed by atoms with Gasteiger partial charge in [0.05, 0.1) is 11.1 Å². The van der Waals surface area contributed by atoms with Gasteiger partial charge in [-0.2, -0.15) is 13.2 Å². The number of hydrogen-bond donors (Lipinski definition) is 1. The molecule has 0 radical (unpaired) electrons. The van der Waals surface area contributed by atoms with Crippen LogP contribution in [0.4, 0.5) is 17.6 Å². The minimum Gasteiger partial charge on any atom is -0.348 e. The third-order valence-electron chi connectivity index (χ3n) is 3.17. The topological polar surface area (TPSA) is 29.1 Å². The highest BCUT2D eigenvalue weighted by Gasteiger charge is 2.34. The van der Waals surface area contributed by atoms with Gasteiger partial charge in [-0.05, 0) is 36.2 Å². The SMILES string of the molecule is Cc1ccc(CNC(=O)c2ccccc2C(F)(F)F)cc1F. The number of benzene rings is 2. The van der Waals surface area contributed by atoms with E-state index in [1.54, 1.807) is 19.1 Å². The number of alkyl halides is 3. The molecule has 0 bridgehead atoms. The maximum absolute atomic E-state index is 13.4. The molecule has 2 nitrogen and oxygen atoms in total. The Balaban J connectivity index is 2.15. The van der Waals surface area contributed by atoms with E-state index in [0.29, 0.717) is 11.1 Å². The Morgan fingerprint density at radius 3 is 2.45 bits per heavy atom. The molecule has 0 aliphatic rings. The summed E-state index contributed by atoms with van der Waals surface area (Å²) < 4.78 is 51.9. The molecule has 6 heteroatoms. The molecule has 0 saturated carbocycles. The summed E-state index contributed by atoms with van der Waals surface area (Å²) in [6.07, 6.45) is -4.61. The first kappa shape index (κ1) is 16.0.